The lowest BCUT2D eigenvalue weighted by Gasteiger charge is -2.37. The van der Waals surface area contributed by atoms with Gasteiger partial charge in [0.1, 0.15) is 0 Å². The number of nitrogens with one attached hydrogen (secondary N) is 1. The molecular formula is C14H32N2. The van der Waals surface area contributed by atoms with Crippen LogP contribution in [0.5, 0.6) is 0 Å². The van der Waals surface area contributed by atoms with Crippen LogP contribution < -0.4 is 5.32 Å². The highest BCUT2D eigenvalue weighted by Crippen LogP contribution is 2.17. The van der Waals surface area contributed by atoms with Gasteiger partial charge in [0.25, 0.3) is 0 Å². The highest BCUT2D eigenvalue weighted by Gasteiger charge is 2.22. The van der Waals surface area contributed by atoms with Crippen molar-refractivity contribution in [2.45, 2.75) is 66.0 Å². The molecule has 1 atom stereocenters. The van der Waals surface area contributed by atoms with Gasteiger partial charge >= 0.3 is 0 Å². The summed E-state index contributed by atoms with van der Waals surface area (Å²) in [4.78, 5) is 2.47. The standard InChI is InChI=1S/C14H32N2/c1-9-14(6,7)16(8)11-12(2)10-15-13(3,4)5/h12,15H,9-11H2,1-8H3. The van der Waals surface area contributed by atoms with Crippen LogP contribution in [0.4, 0.5) is 0 Å². The van der Waals surface area contributed by atoms with E-state index in [9.17, 15) is 0 Å². The molecular weight excluding hydrogens is 196 g/mol. The summed E-state index contributed by atoms with van der Waals surface area (Å²) < 4.78 is 0. The summed E-state index contributed by atoms with van der Waals surface area (Å²) in [6.07, 6.45) is 1.20. The molecule has 2 heteroatoms. The van der Waals surface area contributed by atoms with Crippen molar-refractivity contribution in [2.24, 2.45) is 5.92 Å². The van der Waals surface area contributed by atoms with E-state index in [2.05, 4.69) is 65.7 Å². The molecule has 0 heterocycles. The maximum atomic E-state index is 3.57. The summed E-state index contributed by atoms with van der Waals surface area (Å²) in [5, 5.41) is 3.57. The monoisotopic (exact) mass is 228 g/mol. The Bertz CT molecular complexity index is 191. The maximum Gasteiger partial charge on any atom is 0.0147 e. The first-order valence-corrected chi connectivity index (χ1v) is 6.55. The minimum absolute atomic E-state index is 0.229. The van der Waals surface area contributed by atoms with Crippen LogP contribution in [0.1, 0.15) is 54.9 Å². The number of hydrogen-bond donors (Lipinski definition) is 1. The fourth-order valence-corrected chi connectivity index (χ4v) is 1.53. The zero-order valence-corrected chi connectivity index (χ0v) is 12.6. The third-order valence-electron chi connectivity index (χ3n) is 3.46. The Labute approximate surface area is 103 Å². The molecule has 0 spiro atoms. The highest BCUT2D eigenvalue weighted by molar-refractivity contribution is 4.80. The third-order valence-corrected chi connectivity index (χ3v) is 3.46. The lowest BCUT2D eigenvalue weighted by molar-refractivity contribution is 0.129. The smallest absolute Gasteiger partial charge is 0.0147 e. The van der Waals surface area contributed by atoms with Crippen LogP contribution in [0.15, 0.2) is 0 Å². The molecule has 0 rings (SSSR count). The molecule has 0 aliphatic rings. The molecule has 0 fully saturated rings. The SMILES string of the molecule is CCC(C)(C)N(C)CC(C)CNC(C)(C)C. The van der Waals surface area contributed by atoms with Crippen LogP contribution in [0.3, 0.4) is 0 Å². The van der Waals surface area contributed by atoms with E-state index >= 15 is 0 Å². The van der Waals surface area contributed by atoms with Gasteiger partial charge in [-0.2, -0.15) is 0 Å². The topological polar surface area (TPSA) is 15.3 Å². The maximum absolute atomic E-state index is 3.57. The van der Waals surface area contributed by atoms with Crippen LogP contribution in [-0.4, -0.2) is 36.1 Å². The van der Waals surface area contributed by atoms with Crippen molar-refractivity contribution in [3.63, 3.8) is 0 Å². The molecule has 0 aromatic heterocycles. The molecule has 98 valence electrons. The minimum atomic E-state index is 0.229. The minimum Gasteiger partial charge on any atom is -0.312 e. The molecule has 0 saturated carbocycles. The number of hydrogen-bond acceptors (Lipinski definition) is 2. The quantitative estimate of drug-likeness (QED) is 0.751. The molecule has 0 aromatic carbocycles. The Morgan fingerprint density at radius 1 is 1.12 bits per heavy atom. The van der Waals surface area contributed by atoms with Gasteiger partial charge in [0.2, 0.25) is 0 Å². The van der Waals surface area contributed by atoms with Crippen LogP contribution >= 0.6 is 0 Å². The van der Waals surface area contributed by atoms with E-state index in [-0.39, 0.29) is 5.54 Å². The molecule has 1 N–H and O–H groups in total. The second-order valence-electron chi connectivity index (χ2n) is 6.78. The Kier molecular flexibility index (Phi) is 5.99. The van der Waals surface area contributed by atoms with Crippen LogP contribution in [-0.2, 0) is 0 Å². The van der Waals surface area contributed by atoms with E-state index < -0.39 is 0 Å². The molecule has 0 bridgehead atoms. The molecule has 16 heavy (non-hydrogen) atoms. The summed E-state index contributed by atoms with van der Waals surface area (Å²) in [7, 11) is 2.23. The first-order valence-electron chi connectivity index (χ1n) is 6.55. The fraction of sp³-hybridized carbons (Fsp3) is 1.00. The number of rotatable bonds is 6. The Morgan fingerprint density at radius 2 is 1.62 bits per heavy atom. The van der Waals surface area contributed by atoms with Crippen molar-refractivity contribution in [1.29, 1.82) is 0 Å². The van der Waals surface area contributed by atoms with Crippen molar-refractivity contribution in [3.8, 4) is 0 Å². The predicted molar refractivity (Wildman–Crippen MR) is 73.9 cm³/mol. The third kappa shape index (κ3) is 6.49. The van der Waals surface area contributed by atoms with Gasteiger partial charge in [-0.25, -0.2) is 0 Å². The lowest BCUT2D eigenvalue weighted by atomic mass is 9.98. The van der Waals surface area contributed by atoms with Crippen molar-refractivity contribution >= 4 is 0 Å². The first-order chi connectivity index (χ1) is 7.08. The van der Waals surface area contributed by atoms with Gasteiger partial charge in [-0.3, -0.25) is 0 Å². The average molecular weight is 228 g/mol. The van der Waals surface area contributed by atoms with Crippen LogP contribution in [0.25, 0.3) is 0 Å². The Morgan fingerprint density at radius 3 is 2.00 bits per heavy atom. The molecule has 0 aliphatic heterocycles. The highest BCUT2D eigenvalue weighted by atomic mass is 15.2. The summed E-state index contributed by atoms with van der Waals surface area (Å²) in [5.41, 5.74) is 0.545. The molecule has 0 aromatic rings. The number of nitrogens with zero attached hydrogens (tertiary/aromatic N) is 1. The zero-order valence-electron chi connectivity index (χ0n) is 12.6. The molecule has 0 radical (unpaired) electrons. The summed E-state index contributed by atoms with van der Waals surface area (Å²) in [5.74, 6) is 0.690. The zero-order chi connectivity index (χ0) is 13.0. The Hall–Kier alpha value is -0.0800. The van der Waals surface area contributed by atoms with Crippen molar-refractivity contribution in [3.05, 3.63) is 0 Å². The lowest BCUT2D eigenvalue weighted by Crippen LogP contribution is -2.46. The van der Waals surface area contributed by atoms with Crippen LogP contribution in [0.2, 0.25) is 0 Å². The predicted octanol–water partition coefficient (Wildman–Crippen LogP) is 3.13. The van der Waals surface area contributed by atoms with E-state index in [1.165, 1.54) is 6.42 Å². The van der Waals surface area contributed by atoms with Crippen molar-refractivity contribution < 1.29 is 0 Å². The van der Waals surface area contributed by atoms with Gasteiger partial charge in [0, 0.05) is 17.6 Å². The summed E-state index contributed by atoms with van der Waals surface area (Å²) in [6.45, 7) is 18.1. The normalized spacial score (nSPS) is 15.6. The average Bonchev–Trinajstić information content (AvgIpc) is 2.13. The van der Waals surface area contributed by atoms with E-state index in [4.69, 9.17) is 0 Å². The molecule has 0 aliphatic carbocycles. The van der Waals surface area contributed by atoms with Gasteiger partial charge in [-0.1, -0.05) is 13.8 Å². The largest absolute Gasteiger partial charge is 0.312 e. The van der Waals surface area contributed by atoms with Crippen LogP contribution in [0, 0.1) is 5.92 Å². The summed E-state index contributed by atoms with van der Waals surface area (Å²) >= 11 is 0. The van der Waals surface area contributed by atoms with E-state index in [0.29, 0.717) is 11.5 Å². The van der Waals surface area contributed by atoms with E-state index in [1.54, 1.807) is 0 Å². The second-order valence-corrected chi connectivity index (χ2v) is 6.78. The first kappa shape index (κ1) is 15.9. The molecule has 0 saturated heterocycles. The van der Waals surface area contributed by atoms with Crippen molar-refractivity contribution in [2.75, 3.05) is 20.1 Å². The van der Waals surface area contributed by atoms with Gasteiger partial charge in [0.15, 0.2) is 0 Å². The van der Waals surface area contributed by atoms with Crippen molar-refractivity contribution in [1.82, 2.24) is 10.2 Å². The Balaban J connectivity index is 4.01. The fourth-order valence-electron chi connectivity index (χ4n) is 1.53. The van der Waals surface area contributed by atoms with E-state index in [1.807, 2.05) is 0 Å². The van der Waals surface area contributed by atoms with Gasteiger partial charge < -0.3 is 10.2 Å². The molecule has 0 amide bonds. The van der Waals surface area contributed by atoms with Gasteiger partial charge in [-0.05, 0) is 60.5 Å². The van der Waals surface area contributed by atoms with E-state index in [0.717, 1.165) is 13.1 Å². The summed E-state index contributed by atoms with van der Waals surface area (Å²) in [6, 6.07) is 0. The van der Waals surface area contributed by atoms with Gasteiger partial charge in [0.05, 0.1) is 0 Å². The van der Waals surface area contributed by atoms with Gasteiger partial charge in [-0.15, -0.1) is 0 Å². The molecule has 1 unspecified atom stereocenters. The second kappa shape index (κ2) is 6.02. The molecule has 2 nitrogen and oxygen atoms in total.